The minimum Gasteiger partial charge on any atom is -0.264 e. The zero-order valence-corrected chi connectivity index (χ0v) is 4.64. The molecule has 0 aromatic rings. The largest absolute Gasteiger partial charge is 0.264 e. The van der Waals surface area contributed by atoms with Gasteiger partial charge in [0.25, 0.3) is 6.04 Å². The molecule has 0 fully saturated rings. The average Bonchev–Trinajstić information content (AvgIpc) is 1.69. The fourth-order valence-corrected chi connectivity index (χ4v) is 0.316. The Kier molecular flexibility index (Phi) is 3.43. The predicted molar refractivity (Wildman–Crippen MR) is 26.9 cm³/mol. The van der Waals surface area contributed by atoms with Crippen LogP contribution in [-0.2, 0) is 0 Å². The van der Waals surface area contributed by atoms with E-state index in [4.69, 9.17) is 11.6 Å². The molecule has 3 nitrogen and oxygen atoms in total. The summed E-state index contributed by atoms with van der Waals surface area (Å²) >= 11 is 4.95. The van der Waals surface area contributed by atoms with Gasteiger partial charge < -0.3 is 0 Å². The van der Waals surface area contributed by atoms with Gasteiger partial charge in [0, 0.05) is 4.92 Å². The van der Waals surface area contributed by atoms with E-state index in [2.05, 4.69) is 0 Å². The molecule has 5 heteroatoms. The van der Waals surface area contributed by atoms with Crippen LogP contribution in [0.25, 0.3) is 0 Å². The molecule has 8 heavy (non-hydrogen) atoms. The Morgan fingerprint density at radius 2 is 2.50 bits per heavy atom. The van der Waals surface area contributed by atoms with Gasteiger partial charge in [0.1, 0.15) is 0 Å². The summed E-state index contributed by atoms with van der Waals surface area (Å²) in [6.07, 6.45) is 0. The number of nitrogens with zero attached hydrogens (tertiary/aromatic N) is 1. The van der Waals surface area contributed by atoms with E-state index in [1.807, 2.05) is 0 Å². The van der Waals surface area contributed by atoms with Crippen molar-refractivity contribution >= 4 is 11.6 Å². The van der Waals surface area contributed by atoms with E-state index in [1.54, 1.807) is 0 Å². The molecule has 47 valence electrons. The Bertz CT molecular complexity index is 85.4. The molecule has 0 aromatic carbocycles. The van der Waals surface area contributed by atoms with Crippen molar-refractivity contribution in [3.63, 3.8) is 0 Å². The summed E-state index contributed by atoms with van der Waals surface area (Å²) in [4.78, 5) is 8.83. The molecule has 0 aromatic heterocycles. The van der Waals surface area contributed by atoms with E-state index in [9.17, 15) is 14.5 Å². The number of rotatable bonds is 3. The summed E-state index contributed by atoms with van der Waals surface area (Å²) in [5, 5.41) is 9.61. The lowest BCUT2D eigenvalue weighted by Gasteiger charge is -1.95. The normalized spacial score (nSPS) is 13.2. The number of nitro groups is 1. The highest BCUT2D eigenvalue weighted by Gasteiger charge is 2.17. The van der Waals surface area contributed by atoms with E-state index in [0.717, 1.165) is 0 Å². The first-order valence-corrected chi connectivity index (χ1v) is 2.38. The molecule has 0 N–H and O–H groups in total. The number of hydrogen-bond donors (Lipinski definition) is 0. The van der Waals surface area contributed by atoms with E-state index in [1.165, 1.54) is 0 Å². The van der Waals surface area contributed by atoms with Crippen molar-refractivity contribution in [3.8, 4) is 0 Å². The van der Waals surface area contributed by atoms with Crippen LogP contribution in [0.5, 0.6) is 0 Å². The minimum atomic E-state index is -1.35. The number of alkyl halides is 1. The van der Waals surface area contributed by atoms with Crippen LogP contribution in [-0.4, -0.2) is 16.8 Å². The molecular formula is C3H4ClFNO2. The quantitative estimate of drug-likeness (QED) is 0.334. The van der Waals surface area contributed by atoms with Crippen LogP contribution < -0.4 is 0 Å². The van der Waals surface area contributed by atoms with Crippen LogP contribution in [0.3, 0.4) is 0 Å². The Morgan fingerprint density at radius 3 is 2.50 bits per heavy atom. The average molecular weight is 141 g/mol. The van der Waals surface area contributed by atoms with Crippen LogP contribution in [0.1, 0.15) is 0 Å². The lowest BCUT2D eigenvalue weighted by atomic mass is 10.4. The predicted octanol–water partition coefficient (Wildman–Crippen LogP) is 1.00. The molecule has 0 aliphatic heterocycles. The topological polar surface area (TPSA) is 43.1 Å². The second-order valence-electron chi connectivity index (χ2n) is 1.13. The standard InChI is InChI=1S/C3H4ClFNO2/c4-1-3(2-5)6(7)8/h2-3H,1H2. The molecule has 1 atom stereocenters. The third kappa shape index (κ3) is 2.07. The van der Waals surface area contributed by atoms with Crippen molar-refractivity contribution in [2.45, 2.75) is 6.04 Å². The maximum Gasteiger partial charge on any atom is 0.260 e. The van der Waals surface area contributed by atoms with Crippen molar-refractivity contribution in [2.75, 3.05) is 5.88 Å². The molecule has 0 aliphatic rings. The molecular weight excluding hydrogens is 136 g/mol. The third-order valence-corrected chi connectivity index (χ3v) is 0.890. The van der Waals surface area contributed by atoms with Gasteiger partial charge in [-0.2, -0.15) is 0 Å². The first-order valence-electron chi connectivity index (χ1n) is 1.85. The van der Waals surface area contributed by atoms with Gasteiger partial charge in [-0.25, -0.2) is 4.39 Å². The lowest BCUT2D eigenvalue weighted by molar-refractivity contribution is -0.510. The molecule has 0 saturated carbocycles. The Labute approximate surface area is 50.6 Å². The Balaban J connectivity index is 3.52. The van der Waals surface area contributed by atoms with Crippen molar-refractivity contribution in [1.82, 2.24) is 0 Å². The highest BCUT2D eigenvalue weighted by Crippen LogP contribution is 1.97. The van der Waals surface area contributed by atoms with Crippen molar-refractivity contribution < 1.29 is 9.31 Å². The molecule has 0 aliphatic carbocycles. The maximum absolute atomic E-state index is 11.3. The molecule has 0 rings (SSSR count). The first kappa shape index (κ1) is 7.62. The Morgan fingerprint density at radius 1 is 2.00 bits per heavy atom. The van der Waals surface area contributed by atoms with Gasteiger partial charge in [-0.05, 0) is 0 Å². The van der Waals surface area contributed by atoms with E-state index in [-0.39, 0.29) is 12.6 Å². The fourth-order valence-electron chi connectivity index (χ4n) is 0.136. The third-order valence-electron chi connectivity index (χ3n) is 0.574. The van der Waals surface area contributed by atoms with Gasteiger partial charge in [0.05, 0.1) is 5.88 Å². The molecule has 0 bridgehead atoms. The van der Waals surface area contributed by atoms with Crippen LogP contribution >= 0.6 is 11.6 Å². The summed E-state index contributed by atoms with van der Waals surface area (Å²) < 4.78 is 11.3. The van der Waals surface area contributed by atoms with Gasteiger partial charge in [0.15, 0.2) is 0 Å². The zero-order chi connectivity index (χ0) is 6.57. The maximum atomic E-state index is 11.3. The minimum absolute atomic E-state index is 0.0347. The van der Waals surface area contributed by atoms with Crippen LogP contribution in [0.15, 0.2) is 0 Å². The van der Waals surface area contributed by atoms with Crippen molar-refractivity contribution in [3.05, 3.63) is 16.8 Å². The first-order chi connectivity index (χ1) is 3.72. The molecule has 1 radical (unpaired) electrons. The smallest absolute Gasteiger partial charge is 0.260 e. The number of hydrogen-bond acceptors (Lipinski definition) is 2. The lowest BCUT2D eigenvalue weighted by Crippen LogP contribution is -2.19. The highest BCUT2D eigenvalue weighted by atomic mass is 35.5. The fraction of sp³-hybridized carbons (Fsp3) is 0.667. The van der Waals surface area contributed by atoms with Crippen LogP contribution in [0, 0.1) is 16.8 Å². The van der Waals surface area contributed by atoms with Crippen molar-refractivity contribution in [1.29, 1.82) is 0 Å². The van der Waals surface area contributed by atoms with Crippen LogP contribution in [0.4, 0.5) is 4.39 Å². The van der Waals surface area contributed by atoms with E-state index < -0.39 is 11.0 Å². The summed E-state index contributed by atoms with van der Waals surface area (Å²) in [6, 6.07) is -1.35. The second-order valence-corrected chi connectivity index (χ2v) is 1.44. The molecule has 0 saturated heterocycles. The SMILES string of the molecule is O=[N+]([O-])C([CH]F)CCl. The molecule has 0 heterocycles. The monoisotopic (exact) mass is 140 g/mol. The summed E-state index contributed by atoms with van der Waals surface area (Å²) in [7, 11) is 0. The highest BCUT2D eigenvalue weighted by molar-refractivity contribution is 6.18. The van der Waals surface area contributed by atoms with Gasteiger partial charge in [0.2, 0.25) is 6.67 Å². The van der Waals surface area contributed by atoms with E-state index >= 15 is 0 Å². The van der Waals surface area contributed by atoms with E-state index in [0.29, 0.717) is 0 Å². The zero-order valence-electron chi connectivity index (χ0n) is 3.88. The number of halogens is 2. The Hall–Kier alpha value is -0.380. The molecule has 0 amide bonds. The second kappa shape index (κ2) is 3.60. The summed E-state index contributed by atoms with van der Waals surface area (Å²) in [5.41, 5.74) is 0. The summed E-state index contributed by atoms with van der Waals surface area (Å²) in [5.74, 6) is -0.316. The summed E-state index contributed by atoms with van der Waals surface area (Å²) in [6.45, 7) is -0.0347. The molecule has 0 spiro atoms. The van der Waals surface area contributed by atoms with Crippen LogP contribution in [0.2, 0.25) is 0 Å². The molecule has 1 unspecified atom stereocenters. The van der Waals surface area contributed by atoms with Gasteiger partial charge in [-0.3, -0.25) is 10.1 Å². The van der Waals surface area contributed by atoms with Gasteiger partial charge >= 0.3 is 0 Å². The van der Waals surface area contributed by atoms with Gasteiger partial charge in [-0.15, -0.1) is 11.6 Å². The van der Waals surface area contributed by atoms with Gasteiger partial charge in [-0.1, -0.05) is 0 Å². The van der Waals surface area contributed by atoms with Crippen molar-refractivity contribution in [2.24, 2.45) is 0 Å².